The molecule has 0 atom stereocenters. The molecule has 1 aliphatic heterocycles. The van der Waals surface area contributed by atoms with E-state index >= 15 is 0 Å². The van der Waals surface area contributed by atoms with Crippen molar-refractivity contribution < 1.29 is 19.2 Å². The van der Waals surface area contributed by atoms with Crippen LogP contribution in [0.2, 0.25) is 0 Å². The summed E-state index contributed by atoms with van der Waals surface area (Å²) in [6.07, 6.45) is 0. The molecule has 1 heterocycles. The molecule has 0 radical (unpaired) electrons. The van der Waals surface area contributed by atoms with Crippen LogP contribution < -0.4 is 0 Å². The molecule has 0 bridgehead atoms. The van der Waals surface area contributed by atoms with Crippen molar-refractivity contribution in [2.75, 3.05) is 45.9 Å². The Morgan fingerprint density at radius 1 is 1.07 bits per heavy atom. The zero-order chi connectivity index (χ0) is 11.3. The number of rotatable bonds is 5. The first-order valence-corrected chi connectivity index (χ1v) is 7.02. The Labute approximate surface area is 90.7 Å². The molecule has 1 fully saturated rings. The molecule has 0 spiro atoms. The summed E-state index contributed by atoms with van der Waals surface area (Å²) in [7, 11) is -4.30. The summed E-state index contributed by atoms with van der Waals surface area (Å²) in [5.41, 5.74) is 0. The van der Waals surface area contributed by atoms with E-state index in [2.05, 4.69) is 21.2 Å². The van der Waals surface area contributed by atoms with Crippen LogP contribution >= 0.6 is 8.17 Å². The standard InChI is InChI=1S/C8H21N2O4P/c1-2-9-3-5-10(6-4-9)7-8-14-15(11,12)13/h11-13,15H,2-8H2,1H3. The number of likely N-dealkylation sites (N-methyl/N-ethyl adjacent to an activating group) is 1. The van der Waals surface area contributed by atoms with E-state index in [4.69, 9.17) is 14.7 Å². The van der Waals surface area contributed by atoms with Gasteiger partial charge in [-0.05, 0) is 0 Å². The van der Waals surface area contributed by atoms with E-state index in [0.29, 0.717) is 6.54 Å². The van der Waals surface area contributed by atoms with E-state index in [1.807, 2.05) is 0 Å². The Morgan fingerprint density at radius 3 is 2.07 bits per heavy atom. The Hall–Kier alpha value is 0.190. The average Bonchev–Trinajstić information content (AvgIpc) is 2.17. The second kappa shape index (κ2) is 6.06. The van der Waals surface area contributed by atoms with Gasteiger partial charge in [-0.25, -0.2) is 0 Å². The minimum absolute atomic E-state index is 0.168. The maximum atomic E-state index is 8.63. The SMILES string of the molecule is CCN1CCN(CCO[PH](O)(O)O)CC1. The van der Waals surface area contributed by atoms with Crippen molar-refractivity contribution >= 4 is 8.17 Å². The topological polar surface area (TPSA) is 76.4 Å². The molecule has 7 heteroatoms. The molecule has 1 rings (SSSR count). The van der Waals surface area contributed by atoms with Gasteiger partial charge in [-0.15, -0.1) is 0 Å². The summed E-state index contributed by atoms with van der Waals surface area (Å²) in [6.45, 7) is 8.02. The quantitative estimate of drug-likeness (QED) is 0.537. The number of piperazine rings is 1. The molecular weight excluding hydrogens is 219 g/mol. The summed E-state index contributed by atoms with van der Waals surface area (Å²) >= 11 is 0. The van der Waals surface area contributed by atoms with Crippen molar-refractivity contribution in [1.82, 2.24) is 9.80 Å². The van der Waals surface area contributed by atoms with Gasteiger partial charge >= 0.3 is 90.0 Å². The van der Waals surface area contributed by atoms with Gasteiger partial charge in [-0.3, -0.25) is 0 Å². The molecule has 0 amide bonds. The first kappa shape index (κ1) is 13.3. The van der Waals surface area contributed by atoms with Gasteiger partial charge in [-0.2, -0.15) is 0 Å². The van der Waals surface area contributed by atoms with Crippen LogP contribution in [0.1, 0.15) is 6.92 Å². The van der Waals surface area contributed by atoms with Crippen LogP contribution in [0.4, 0.5) is 0 Å². The summed E-state index contributed by atoms with van der Waals surface area (Å²) in [5.74, 6) is 0. The van der Waals surface area contributed by atoms with Gasteiger partial charge < -0.3 is 0 Å². The van der Waals surface area contributed by atoms with Crippen LogP contribution in [0.5, 0.6) is 0 Å². The third-order valence-electron chi connectivity index (χ3n) is 2.62. The monoisotopic (exact) mass is 240 g/mol. The van der Waals surface area contributed by atoms with Crippen LogP contribution in [0.25, 0.3) is 0 Å². The first-order chi connectivity index (χ1) is 7.01. The molecule has 0 unspecified atom stereocenters. The zero-order valence-electron chi connectivity index (χ0n) is 9.09. The van der Waals surface area contributed by atoms with Crippen molar-refractivity contribution in [1.29, 1.82) is 0 Å². The van der Waals surface area contributed by atoms with E-state index in [1.165, 1.54) is 0 Å². The first-order valence-electron chi connectivity index (χ1n) is 5.27. The second-order valence-electron chi connectivity index (χ2n) is 3.70. The number of hydrogen-bond donors (Lipinski definition) is 3. The van der Waals surface area contributed by atoms with Gasteiger partial charge in [0.1, 0.15) is 0 Å². The van der Waals surface area contributed by atoms with E-state index in [-0.39, 0.29) is 6.61 Å². The maximum absolute atomic E-state index is 8.63. The third-order valence-corrected chi connectivity index (χ3v) is 3.21. The third kappa shape index (κ3) is 5.73. The van der Waals surface area contributed by atoms with Crippen molar-refractivity contribution in [2.24, 2.45) is 0 Å². The fourth-order valence-electron chi connectivity index (χ4n) is 1.64. The van der Waals surface area contributed by atoms with Crippen molar-refractivity contribution in [2.45, 2.75) is 6.92 Å². The van der Waals surface area contributed by atoms with Gasteiger partial charge in [-0.1, -0.05) is 0 Å². The second-order valence-corrected chi connectivity index (χ2v) is 5.13. The normalized spacial score (nSPS) is 21.9. The fraction of sp³-hybridized carbons (Fsp3) is 1.00. The van der Waals surface area contributed by atoms with Crippen LogP contribution in [0.3, 0.4) is 0 Å². The van der Waals surface area contributed by atoms with Gasteiger partial charge in [0.05, 0.1) is 0 Å². The summed E-state index contributed by atoms with van der Waals surface area (Å²) in [5, 5.41) is 0. The van der Waals surface area contributed by atoms with Gasteiger partial charge in [0.25, 0.3) is 0 Å². The summed E-state index contributed by atoms with van der Waals surface area (Å²) in [4.78, 5) is 30.4. The predicted octanol–water partition coefficient (Wildman–Crippen LogP) is -0.973. The molecule has 92 valence electrons. The summed E-state index contributed by atoms with van der Waals surface area (Å²) < 4.78 is 4.54. The van der Waals surface area contributed by atoms with Crippen molar-refractivity contribution in [3.8, 4) is 0 Å². The van der Waals surface area contributed by atoms with Crippen LogP contribution in [0, 0.1) is 0 Å². The minimum atomic E-state index is -4.30. The van der Waals surface area contributed by atoms with Crippen molar-refractivity contribution in [3.63, 3.8) is 0 Å². The number of hydrogen-bond acceptors (Lipinski definition) is 6. The molecule has 0 saturated carbocycles. The molecule has 0 aromatic rings. The van der Waals surface area contributed by atoms with E-state index in [9.17, 15) is 0 Å². The van der Waals surface area contributed by atoms with Crippen LogP contribution in [-0.2, 0) is 4.52 Å². The van der Waals surface area contributed by atoms with Crippen LogP contribution in [0.15, 0.2) is 0 Å². The molecule has 0 aliphatic carbocycles. The predicted molar refractivity (Wildman–Crippen MR) is 59.5 cm³/mol. The Morgan fingerprint density at radius 2 is 1.60 bits per heavy atom. The van der Waals surface area contributed by atoms with Gasteiger partial charge in [0.2, 0.25) is 0 Å². The van der Waals surface area contributed by atoms with Crippen molar-refractivity contribution in [3.05, 3.63) is 0 Å². The molecule has 1 saturated heterocycles. The number of nitrogens with zero attached hydrogens (tertiary/aromatic N) is 2. The van der Waals surface area contributed by atoms with Gasteiger partial charge in [0.15, 0.2) is 0 Å². The van der Waals surface area contributed by atoms with E-state index < -0.39 is 8.17 Å². The molecule has 0 aromatic heterocycles. The Kier molecular flexibility index (Phi) is 5.35. The molecule has 6 nitrogen and oxygen atoms in total. The summed E-state index contributed by atoms with van der Waals surface area (Å²) in [6, 6.07) is 0. The van der Waals surface area contributed by atoms with E-state index in [1.54, 1.807) is 0 Å². The molecule has 15 heavy (non-hydrogen) atoms. The zero-order valence-corrected chi connectivity index (χ0v) is 10.1. The Balaban J connectivity index is 2.09. The fourth-order valence-corrected chi connectivity index (χ4v) is 2.01. The molecule has 3 N–H and O–H groups in total. The average molecular weight is 240 g/mol. The van der Waals surface area contributed by atoms with Gasteiger partial charge in [0, 0.05) is 0 Å². The molecule has 1 aliphatic rings. The van der Waals surface area contributed by atoms with Crippen LogP contribution in [-0.4, -0.2) is 70.4 Å². The molecule has 0 aromatic carbocycles. The molecular formula is C8H21N2O4P. The van der Waals surface area contributed by atoms with E-state index in [0.717, 1.165) is 32.7 Å². The Bertz CT molecular complexity index is 180.